The first-order chi connectivity index (χ1) is 5.29. The lowest BCUT2D eigenvalue weighted by molar-refractivity contribution is -0.141. The van der Waals surface area contributed by atoms with Gasteiger partial charge in [0.1, 0.15) is 6.04 Å². The first-order valence-electron chi connectivity index (χ1n) is 3.69. The van der Waals surface area contributed by atoms with E-state index < -0.39 is 0 Å². The smallest absolute Gasteiger partial charge is 0.324 e. The maximum absolute atomic E-state index is 10.8. The lowest BCUT2D eigenvalue weighted by Crippen LogP contribution is -2.16. The molecule has 1 aliphatic rings. The molecule has 1 heterocycles. The van der Waals surface area contributed by atoms with E-state index in [1.807, 2.05) is 11.8 Å². The zero-order chi connectivity index (χ0) is 8.27. The Labute approximate surface area is 66.1 Å². The van der Waals surface area contributed by atoms with Gasteiger partial charge < -0.3 is 9.47 Å². The van der Waals surface area contributed by atoms with Crippen LogP contribution in [0.15, 0.2) is 0 Å². The first kappa shape index (κ1) is 8.49. The highest BCUT2D eigenvalue weighted by Crippen LogP contribution is 2.17. The maximum atomic E-state index is 10.8. The summed E-state index contributed by atoms with van der Waals surface area (Å²) in [5, 5.41) is 0. The van der Waals surface area contributed by atoms with Gasteiger partial charge in [0, 0.05) is 13.2 Å². The van der Waals surface area contributed by atoms with Crippen molar-refractivity contribution < 1.29 is 14.3 Å². The Morgan fingerprint density at radius 3 is 3.00 bits per heavy atom. The van der Waals surface area contributed by atoms with Crippen molar-refractivity contribution in [2.24, 2.45) is 0 Å². The molecule has 0 spiro atoms. The fraction of sp³-hybridized carbons (Fsp3) is 0.857. The number of hydrogen-bond donors (Lipinski definition) is 0. The van der Waals surface area contributed by atoms with E-state index in [4.69, 9.17) is 4.74 Å². The molecule has 0 aromatic rings. The van der Waals surface area contributed by atoms with Crippen molar-refractivity contribution in [3.63, 3.8) is 0 Å². The molecule has 0 amide bonds. The number of esters is 1. The molecule has 0 bridgehead atoms. The van der Waals surface area contributed by atoms with E-state index in [0.717, 1.165) is 6.54 Å². The fourth-order valence-electron chi connectivity index (χ4n) is 0.886. The summed E-state index contributed by atoms with van der Waals surface area (Å²) >= 11 is 0. The quantitative estimate of drug-likeness (QED) is 0.422. The lowest BCUT2D eigenvalue weighted by atomic mass is 10.5. The van der Waals surface area contributed by atoms with Crippen molar-refractivity contribution in [1.82, 2.24) is 4.90 Å². The Kier molecular flexibility index (Phi) is 2.84. The number of carbonyl (C=O) groups is 1. The van der Waals surface area contributed by atoms with Crippen LogP contribution in [-0.4, -0.2) is 43.9 Å². The zero-order valence-electron chi connectivity index (χ0n) is 6.87. The van der Waals surface area contributed by atoms with Crippen LogP contribution in [0.4, 0.5) is 0 Å². The maximum Gasteiger partial charge on any atom is 0.324 e. The van der Waals surface area contributed by atoms with Crippen molar-refractivity contribution in [1.29, 1.82) is 0 Å². The van der Waals surface area contributed by atoms with Crippen LogP contribution >= 0.6 is 0 Å². The number of nitrogens with zero attached hydrogens (tertiary/aromatic N) is 1. The minimum Gasteiger partial charge on any atom is -0.468 e. The van der Waals surface area contributed by atoms with Gasteiger partial charge in [-0.25, -0.2) is 0 Å². The van der Waals surface area contributed by atoms with Crippen LogP contribution in [0, 0.1) is 0 Å². The standard InChI is InChI=1S/C7H13NO3/c1-3-11-5-8-4-6(8)7(9)10-2/h6H,3-5H2,1-2H3. The second kappa shape index (κ2) is 3.69. The Morgan fingerprint density at radius 1 is 1.73 bits per heavy atom. The predicted octanol–water partition coefficient (Wildman–Crippen LogP) is -0.162. The molecular formula is C7H13NO3. The van der Waals surface area contributed by atoms with Gasteiger partial charge in [-0.05, 0) is 6.92 Å². The summed E-state index contributed by atoms with van der Waals surface area (Å²) in [5.41, 5.74) is 0. The summed E-state index contributed by atoms with van der Waals surface area (Å²) in [5.74, 6) is -0.162. The third kappa shape index (κ3) is 2.17. The summed E-state index contributed by atoms with van der Waals surface area (Å²) in [7, 11) is 1.40. The van der Waals surface area contributed by atoms with Crippen LogP contribution in [-0.2, 0) is 14.3 Å². The van der Waals surface area contributed by atoms with Crippen molar-refractivity contribution in [2.75, 3.05) is 27.0 Å². The summed E-state index contributed by atoms with van der Waals surface area (Å²) in [6, 6.07) is -0.0495. The molecule has 0 saturated carbocycles. The van der Waals surface area contributed by atoms with E-state index in [-0.39, 0.29) is 12.0 Å². The molecule has 0 aromatic heterocycles. The monoisotopic (exact) mass is 159 g/mol. The molecule has 0 radical (unpaired) electrons. The Balaban J connectivity index is 2.11. The second-order valence-electron chi connectivity index (χ2n) is 2.43. The average molecular weight is 159 g/mol. The Bertz CT molecular complexity index is 149. The molecule has 0 aliphatic carbocycles. The van der Waals surface area contributed by atoms with Gasteiger partial charge in [0.2, 0.25) is 0 Å². The summed E-state index contributed by atoms with van der Waals surface area (Å²) in [6.45, 7) is 3.92. The largest absolute Gasteiger partial charge is 0.468 e. The second-order valence-corrected chi connectivity index (χ2v) is 2.43. The highest BCUT2D eigenvalue weighted by molar-refractivity contribution is 5.78. The van der Waals surface area contributed by atoms with Crippen molar-refractivity contribution in [2.45, 2.75) is 13.0 Å². The van der Waals surface area contributed by atoms with Gasteiger partial charge >= 0.3 is 5.97 Å². The Hall–Kier alpha value is -0.610. The van der Waals surface area contributed by atoms with Crippen LogP contribution in [0.1, 0.15) is 6.92 Å². The number of hydrogen-bond acceptors (Lipinski definition) is 4. The fourth-order valence-corrected chi connectivity index (χ4v) is 0.886. The van der Waals surface area contributed by atoms with Gasteiger partial charge in [-0.15, -0.1) is 0 Å². The number of carbonyl (C=O) groups excluding carboxylic acids is 1. The molecule has 4 nitrogen and oxygen atoms in total. The van der Waals surface area contributed by atoms with Crippen LogP contribution < -0.4 is 0 Å². The zero-order valence-corrected chi connectivity index (χ0v) is 6.87. The van der Waals surface area contributed by atoms with Crippen LogP contribution in [0.2, 0.25) is 0 Å². The normalized spacial score (nSPS) is 28.2. The molecule has 0 aromatic carbocycles. The molecule has 2 unspecified atom stereocenters. The van der Waals surface area contributed by atoms with Crippen LogP contribution in [0.25, 0.3) is 0 Å². The van der Waals surface area contributed by atoms with E-state index >= 15 is 0 Å². The molecule has 1 aliphatic heterocycles. The van der Waals surface area contributed by atoms with E-state index in [2.05, 4.69) is 4.74 Å². The summed E-state index contributed by atoms with van der Waals surface area (Å²) in [4.78, 5) is 12.7. The van der Waals surface area contributed by atoms with Crippen molar-refractivity contribution >= 4 is 5.97 Å². The van der Waals surface area contributed by atoms with Gasteiger partial charge in [0.25, 0.3) is 0 Å². The molecule has 2 atom stereocenters. The topological polar surface area (TPSA) is 38.5 Å². The molecule has 1 rings (SSSR count). The molecule has 1 saturated heterocycles. The number of ether oxygens (including phenoxy) is 2. The molecular weight excluding hydrogens is 146 g/mol. The van der Waals surface area contributed by atoms with E-state index in [1.54, 1.807) is 0 Å². The van der Waals surface area contributed by atoms with E-state index in [9.17, 15) is 4.79 Å². The SMILES string of the molecule is CCOCN1CC1C(=O)OC. The highest BCUT2D eigenvalue weighted by atomic mass is 16.5. The molecule has 4 heteroatoms. The highest BCUT2D eigenvalue weighted by Gasteiger charge is 2.41. The van der Waals surface area contributed by atoms with E-state index in [0.29, 0.717) is 13.3 Å². The summed E-state index contributed by atoms with van der Waals surface area (Å²) < 4.78 is 9.65. The van der Waals surface area contributed by atoms with Gasteiger partial charge in [-0.3, -0.25) is 9.69 Å². The third-order valence-corrected chi connectivity index (χ3v) is 1.65. The van der Waals surface area contributed by atoms with Gasteiger partial charge in [-0.1, -0.05) is 0 Å². The molecule has 11 heavy (non-hydrogen) atoms. The minimum atomic E-state index is -0.162. The predicted molar refractivity (Wildman–Crippen MR) is 39.0 cm³/mol. The average Bonchev–Trinajstić information content (AvgIpc) is 2.78. The Morgan fingerprint density at radius 2 is 2.45 bits per heavy atom. The first-order valence-corrected chi connectivity index (χ1v) is 3.69. The number of methoxy groups -OCH3 is 1. The van der Waals surface area contributed by atoms with Crippen LogP contribution in [0.5, 0.6) is 0 Å². The third-order valence-electron chi connectivity index (χ3n) is 1.65. The van der Waals surface area contributed by atoms with E-state index in [1.165, 1.54) is 7.11 Å². The molecule has 64 valence electrons. The summed E-state index contributed by atoms with van der Waals surface area (Å²) in [6.07, 6.45) is 0. The van der Waals surface area contributed by atoms with Crippen molar-refractivity contribution in [3.05, 3.63) is 0 Å². The van der Waals surface area contributed by atoms with Crippen molar-refractivity contribution in [3.8, 4) is 0 Å². The number of rotatable bonds is 4. The minimum absolute atomic E-state index is 0.0495. The molecule has 0 N–H and O–H groups in total. The van der Waals surface area contributed by atoms with Gasteiger partial charge in [0.15, 0.2) is 0 Å². The lowest BCUT2D eigenvalue weighted by Gasteiger charge is -2.01. The van der Waals surface area contributed by atoms with Gasteiger partial charge in [-0.2, -0.15) is 0 Å². The molecule has 1 fully saturated rings. The van der Waals surface area contributed by atoms with Crippen LogP contribution in [0.3, 0.4) is 0 Å². The van der Waals surface area contributed by atoms with Gasteiger partial charge in [0.05, 0.1) is 13.8 Å².